The zero-order chi connectivity index (χ0) is 31.6. The predicted molar refractivity (Wildman–Crippen MR) is 170 cm³/mol. The lowest BCUT2D eigenvalue weighted by Gasteiger charge is -2.48. The number of anilines is 2. The van der Waals surface area contributed by atoms with E-state index < -0.39 is 34.0 Å². The number of sulfonamides is 1. The Hall–Kier alpha value is -4.09. The minimum atomic E-state index is -3.92. The second-order valence-corrected chi connectivity index (χ2v) is 13.5. The van der Waals surface area contributed by atoms with Crippen molar-refractivity contribution in [3.63, 3.8) is 0 Å². The Balaban J connectivity index is 1.46. The van der Waals surface area contributed by atoms with Gasteiger partial charge < -0.3 is 24.5 Å². The molecule has 2 fully saturated rings. The Morgan fingerprint density at radius 2 is 1.61 bits per heavy atom. The zero-order valence-electron chi connectivity index (χ0n) is 25.6. The summed E-state index contributed by atoms with van der Waals surface area (Å²) in [4.78, 5) is 32.6. The molecule has 234 valence electrons. The van der Waals surface area contributed by atoms with Gasteiger partial charge in [-0.3, -0.25) is 9.59 Å². The third-order valence-corrected chi connectivity index (χ3v) is 10.6. The number of rotatable bonds is 8. The van der Waals surface area contributed by atoms with Gasteiger partial charge in [0, 0.05) is 56.7 Å². The molecule has 2 saturated heterocycles. The molecule has 44 heavy (non-hydrogen) atoms. The molecule has 0 spiro atoms. The molecule has 10 nitrogen and oxygen atoms in total. The lowest BCUT2D eigenvalue weighted by atomic mass is 9.95. The van der Waals surface area contributed by atoms with Gasteiger partial charge in [-0.1, -0.05) is 36.4 Å². The number of carboxylic acids is 1. The number of aliphatic carboxylic acids is 1. The standard InChI is InChI=1S/C33H40N4O6S/c1-23-13-14-24(2)29(19-23)37-17-15-34(21-30(37)25(3)33(39)40)32(38)31-22-35(16-18-36(31)26-9-6-5-7-10-26)44(41,42)28-12-8-11-27(20-28)43-4/h5-14,19-20,25,30-31H,15-18,21-22H2,1-4H3,(H,39,40). The van der Waals surface area contributed by atoms with Gasteiger partial charge in [0.25, 0.3) is 0 Å². The molecule has 3 unspecified atom stereocenters. The molecular formula is C33H40N4O6S. The van der Waals surface area contributed by atoms with Crippen LogP contribution in [0.4, 0.5) is 11.4 Å². The number of methoxy groups -OCH3 is 1. The molecule has 3 aromatic rings. The van der Waals surface area contributed by atoms with E-state index in [1.54, 1.807) is 24.0 Å². The second kappa shape index (κ2) is 12.9. The highest BCUT2D eigenvalue weighted by molar-refractivity contribution is 7.89. The van der Waals surface area contributed by atoms with Gasteiger partial charge >= 0.3 is 5.97 Å². The fourth-order valence-corrected chi connectivity index (χ4v) is 7.64. The van der Waals surface area contributed by atoms with Gasteiger partial charge in [-0.25, -0.2) is 8.42 Å². The Morgan fingerprint density at radius 3 is 2.32 bits per heavy atom. The summed E-state index contributed by atoms with van der Waals surface area (Å²) in [5.41, 5.74) is 3.91. The third kappa shape index (κ3) is 6.25. The van der Waals surface area contributed by atoms with E-state index in [4.69, 9.17) is 4.74 Å². The van der Waals surface area contributed by atoms with Crippen LogP contribution in [0.25, 0.3) is 0 Å². The molecule has 3 aromatic carbocycles. The minimum Gasteiger partial charge on any atom is -0.497 e. The summed E-state index contributed by atoms with van der Waals surface area (Å²) >= 11 is 0. The van der Waals surface area contributed by atoms with Crippen molar-refractivity contribution in [2.45, 2.75) is 37.8 Å². The first-order valence-electron chi connectivity index (χ1n) is 14.8. The number of carbonyl (C=O) groups is 2. The van der Waals surface area contributed by atoms with Crippen molar-refractivity contribution in [3.8, 4) is 5.75 Å². The second-order valence-electron chi connectivity index (χ2n) is 11.5. The van der Waals surface area contributed by atoms with Crippen LogP contribution in [0.1, 0.15) is 18.1 Å². The first-order chi connectivity index (χ1) is 21.0. The van der Waals surface area contributed by atoms with Crippen LogP contribution in [0.3, 0.4) is 0 Å². The highest BCUT2D eigenvalue weighted by Gasteiger charge is 2.43. The summed E-state index contributed by atoms with van der Waals surface area (Å²) in [7, 11) is -2.43. The summed E-state index contributed by atoms with van der Waals surface area (Å²) in [5.74, 6) is -1.46. The van der Waals surface area contributed by atoms with Gasteiger partial charge in [-0.15, -0.1) is 0 Å². The number of amides is 1. The molecule has 0 radical (unpaired) electrons. The van der Waals surface area contributed by atoms with E-state index in [0.29, 0.717) is 25.4 Å². The number of ether oxygens (including phenoxy) is 1. The highest BCUT2D eigenvalue weighted by Crippen LogP contribution is 2.31. The molecule has 5 rings (SSSR count). The van der Waals surface area contributed by atoms with Gasteiger partial charge in [0.15, 0.2) is 0 Å². The third-order valence-electron chi connectivity index (χ3n) is 8.77. The lowest BCUT2D eigenvalue weighted by Crippen LogP contribution is -2.65. The maximum atomic E-state index is 14.4. The first kappa shape index (κ1) is 31.3. The van der Waals surface area contributed by atoms with Crippen molar-refractivity contribution in [1.29, 1.82) is 0 Å². The van der Waals surface area contributed by atoms with Crippen LogP contribution in [0.5, 0.6) is 5.75 Å². The Kier molecular flexibility index (Phi) is 9.17. The predicted octanol–water partition coefficient (Wildman–Crippen LogP) is 3.63. The maximum Gasteiger partial charge on any atom is 0.308 e. The molecule has 0 saturated carbocycles. The number of benzene rings is 3. The number of aryl methyl sites for hydroxylation is 2. The topological polar surface area (TPSA) is 111 Å². The van der Waals surface area contributed by atoms with E-state index in [1.807, 2.05) is 61.2 Å². The van der Waals surface area contributed by atoms with Crippen molar-refractivity contribution in [1.82, 2.24) is 9.21 Å². The molecule has 1 N–H and O–H groups in total. The number of nitrogens with zero attached hydrogens (tertiary/aromatic N) is 4. The fourth-order valence-electron chi connectivity index (χ4n) is 6.17. The molecule has 0 aliphatic carbocycles. The van der Waals surface area contributed by atoms with E-state index in [0.717, 1.165) is 22.5 Å². The van der Waals surface area contributed by atoms with Crippen molar-refractivity contribution in [2.24, 2.45) is 5.92 Å². The maximum absolute atomic E-state index is 14.4. The fraction of sp³-hybridized carbons (Fsp3) is 0.394. The highest BCUT2D eigenvalue weighted by atomic mass is 32.2. The number of piperazine rings is 2. The Bertz CT molecular complexity index is 1620. The summed E-state index contributed by atoms with van der Waals surface area (Å²) in [5, 5.41) is 10.0. The van der Waals surface area contributed by atoms with Crippen LogP contribution in [0.2, 0.25) is 0 Å². The number of para-hydroxylation sites is 1. The number of hydrogen-bond donors (Lipinski definition) is 1. The number of carboxylic acid groups (broad SMARTS) is 1. The summed E-state index contributed by atoms with van der Waals surface area (Å²) in [6.45, 7) is 7.23. The van der Waals surface area contributed by atoms with Crippen molar-refractivity contribution in [3.05, 3.63) is 83.9 Å². The number of carbonyl (C=O) groups excluding carboxylic acids is 1. The zero-order valence-corrected chi connectivity index (χ0v) is 26.4. The average molecular weight is 621 g/mol. The lowest BCUT2D eigenvalue weighted by molar-refractivity contribution is -0.143. The largest absolute Gasteiger partial charge is 0.497 e. The van der Waals surface area contributed by atoms with Crippen LogP contribution >= 0.6 is 0 Å². The molecule has 2 heterocycles. The van der Waals surface area contributed by atoms with Crippen molar-refractivity contribution < 1.29 is 27.9 Å². The van der Waals surface area contributed by atoms with Crippen LogP contribution < -0.4 is 14.5 Å². The van der Waals surface area contributed by atoms with Gasteiger partial charge in [-0.05, 0) is 62.2 Å². The summed E-state index contributed by atoms with van der Waals surface area (Å²) in [6, 6.07) is 20.7. The Morgan fingerprint density at radius 1 is 0.886 bits per heavy atom. The smallest absolute Gasteiger partial charge is 0.308 e. The van der Waals surface area contributed by atoms with E-state index >= 15 is 0 Å². The van der Waals surface area contributed by atoms with Crippen LogP contribution in [0, 0.1) is 19.8 Å². The van der Waals surface area contributed by atoms with E-state index in [1.165, 1.54) is 23.5 Å². The number of hydrogen-bond acceptors (Lipinski definition) is 7. The minimum absolute atomic E-state index is 0.0381. The molecule has 2 aliphatic rings. The molecule has 2 aliphatic heterocycles. The molecule has 0 aromatic heterocycles. The van der Waals surface area contributed by atoms with E-state index in [-0.39, 0.29) is 30.4 Å². The Labute approximate surface area is 259 Å². The van der Waals surface area contributed by atoms with E-state index in [2.05, 4.69) is 11.0 Å². The van der Waals surface area contributed by atoms with Crippen LogP contribution in [0.15, 0.2) is 77.7 Å². The monoisotopic (exact) mass is 620 g/mol. The van der Waals surface area contributed by atoms with Crippen molar-refractivity contribution in [2.75, 3.05) is 56.2 Å². The molecule has 1 amide bonds. The van der Waals surface area contributed by atoms with Gasteiger partial charge in [0.1, 0.15) is 11.8 Å². The average Bonchev–Trinajstić information content (AvgIpc) is 3.05. The molecular weight excluding hydrogens is 580 g/mol. The summed E-state index contributed by atoms with van der Waals surface area (Å²) in [6.07, 6.45) is 0. The quantitative estimate of drug-likeness (QED) is 0.407. The van der Waals surface area contributed by atoms with Crippen molar-refractivity contribution >= 4 is 33.3 Å². The van der Waals surface area contributed by atoms with Gasteiger partial charge in [0.05, 0.1) is 24.0 Å². The molecule has 11 heteroatoms. The van der Waals surface area contributed by atoms with Gasteiger partial charge in [0.2, 0.25) is 15.9 Å². The normalized spacial score (nSPS) is 20.3. The van der Waals surface area contributed by atoms with E-state index in [9.17, 15) is 23.1 Å². The van der Waals surface area contributed by atoms with Crippen LogP contribution in [-0.2, 0) is 19.6 Å². The summed E-state index contributed by atoms with van der Waals surface area (Å²) < 4.78 is 34.2. The molecule has 0 bridgehead atoms. The van der Waals surface area contributed by atoms with Gasteiger partial charge in [-0.2, -0.15) is 4.31 Å². The van der Waals surface area contributed by atoms with Crippen LogP contribution in [-0.4, -0.2) is 93.1 Å². The first-order valence-corrected chi connectivity index (χ1v) is 16.3. The SMILES string of the molecule is COc1cccc(S(=O)(=O)N2CCN(c3ccccc3)C(C(=O)N3CCN(c4cc(C)ccc4C)C(C(C)C(=O)O)C3)C2)c1. The molecule has 3 atom stereocenters.